The molecule has 0 spiro atoms. The first-order valence-corrected chi connectivity index (χ1v) is 10.4. The maximum atomic E-state index is 12.6. The molecule has 0 atom stereocenters. The molecule has 154 valence electrons. The summed E-state index contributed by atoms with van der Waals surface area (Å²) < 4.78 is 7.20. The third kappa shape index (κ3) is 5.06. The molecule has 2 aromatic carbocycles. The van der Waals surface area contributed by atoms with Gasteiger partial charge in [-0.05, 0) is 41.5 Å². The summed E-state index contributed by atoms with van der Waals surface area (Å²) in [4.78, 5) is 12.6. The van der Waals surface area contributed by atoms with Crippen molar-refractivity contribution in [2.24, 2.45) is 0 Å². The van der Waals surface area contributed by atoms with Gasteiger partial charge in [-0.25, -0.2) is 0 Å². The zero-order valence-electron chi connectivity index (χ0n) is 16.9. The van der Waals surface area contributed by atoms with Gasteiger partial charge in [0.2, 0.25) is 0 Å². The average Bonchev–Trinajstić information content (AvgIpc) is 3.20. The molecule has 0 bridgehead atoms. The van der Waals surface area contributed by atoms with Crippen molar-refractivity contribution in [2.45, 2.75) is 12.8 Å². The lowest BCUT2D eigenvalue weighted by Gasteiger charge is -2.38. The Morgan fingerprint density at radius 1 is 0.933 bits per heavy atom. The maximum absolute atomic E-state index is 12.6. The van der Waals surface area contributed by atoms with Gasteiger partial charge in [-0.1, -0.05) is 42.5 Å². The zero-order valence-corrected chi connectivity index (χ0v) is 16.9. The predicted molar refractivity (Wildman–Crippen MR) is 120 cm³/mol. The number of hydrogen-bond donors (Lipinski definition) is 0. The Morgan fingerprint density at radius 3 is 2.33 bits per heavy atom. The van der Waals surface area contributed by atoms with Gasteiger partial charge >= 0.3 is 0 Å². The minimum absolute atomic E-state index is 0.0919. The fourth-order valence-corrected chi connectivity index (χ4v) is 3.74. The monoisotopic (exact) mass is 402 g/mol. The highest BCUT2D eigenvalue weighted by molar-refractivity contribution is 5.69. The van der Waals surface area contributed by atoms with Crippen LogP contribution in [0.3, 0.4) is 0 Å². The Hall–Kier alpha value is -3.15. The summed E-state index contributed by atoms with van der Waals surface area (Å²) in [7, 11) is 0. The Morgan fingerprint density at radius 2 is 1.63 bits per heavy atom. The number of ether oxygens (including phenoxy) is 1. The number of hydrogen-bond acceptors (Lipinski definition) is 3. The highest BCUT2D eigenvalue weighted by atomic mass is 16.6. The van der Waals surface area contributed by atoms with Crippen LogP contribution in [0.1, 0.15) is 24.0 Å². The predicted octanol–water partition coefficient (Wildman–Crippen LogP) is 4.50. The van der Waals surface area contributed by atoms with E-state index in [0.717, 1.165) is 29.7 Å². The second kappa shape index (κ2) is 9.11. The topological polar surface area (TPSA) is 54.3 Å². The highest BCUT2D eigenvalue weighted by Crippen LogP contribution is 2.18. The molecule has 1 aromatic heterocycles. The third-order valence-corrected chi connectivity index (χ3v) is 5.48. The smallest absolute Gasteiger partial charge is 0.255 e. The van der Waals surface area contributed by atoms with E-state index < -0.39 is 0 Å². The van der Waals surface area contributed by atoms with Crippen molar-refractivity contribution in [3.63, 3.8) is 0 Å². The Kier molecular flexibility index (Phi) is 6.12. The van der Waals surface area contributed by atoms with E-state index in [1.165, 1.54) is 0 Å². The summed E-state index contributed by atoms with van der Waals surface area (Å²) in [6, 6.07) is 20.9. The van der Waals surface area contributed by atoms with Crippen molar-refractivity contribution in [3.05, 3.63) is 99.6 Å². The Bertz CT molecular complexity index is 1050. The van der Waals surface area contributed by atoms with Gasteiger partial charge in [-0.3, -0.25) is 9.36 Å². The first-order valence-electron chi connectivity index (χ1n) is 10.4. The number of likely N-dealkylation sites (tertiary alicyclic amines) is 1. The van der Waals surface area contributed by atoms with Crippen LogP contribution in [-0.2, 0) is 0 Å². The van der Waals surface area contributed by atoms with Crippen molar-refractivity contribution in [1.82, 2.24) is 4.57 Å². The number of benzene rings is 2. The van der Waals surface area contributed by atoms with E-state index in [4.69, 9.17) is 4.74 Å². The summed E-state index contributed by atoms with van der Waals surface area (Å²) in [5.74, 6) is 0.708. The summed E-state index contributed by atoms with van der Waals surface area (Å²) >= 11 is 0. The van der Waals surface area contributed by atoms with E-state index >= 15 is 0 Å². The molecule has 3 aromatic rings. The lowest BCUT2D eigenvalue weighted by Crippen LogP contribution is -2.42. The molecular weight excluding hydrogens is 376 g/mol. The number of hydroxylamine groups is 3. The lowest BCUT2D eigenvalue weighted by atomic mass is 10.1. The second-order valence-corrected chi connectivity index (χ2v) is 7.69. The summed E-state index contributed by atoms with van der Waals surface area (Å²) in [6.45, 7) is 2.29. The highest BCUT2D eigenvalue weighted by Gasteiger charge is 2.22. The number of rotatable bonds is 7. The lowest BCUT2D eigenvalue weighted by molar-refractivity contribution is -0.868. The van der Waals surface area contributed by atoms with Crippen LogP contribution in [0.25, 0.3) is 17.8 Å². The van der Waals surface area contributed by atoms with E-state index in [1.54, 1.807) is 16.8 Å². The van der Waals surface area contributed by atoms with Crippen molar-refractivity contribution >= 4 is 12.2 Å². The fourth-order valence-electron chi connectivity index (χ4n) is 3.74. The molecule has 0 amide bonds. The van der Waals surface area contributed by atoms with Crippen LogP contribution in [0, 0.1) is 5.21 Å². The van der Waals surface area contributed by atoms with Crippen LogP contribution in [0.4, 0.5) is 0 Å². The SMILES string of the molecule is O=c1cc(/C=C/c2ccccc2)ccn1-c1ccc(OCC[N+]2([O-])CCCC2)cc1. The summed E-state index contributed by atoms with van der Waals surface area (Å²) in [5, 5.41) is 12.3. The van der Waals surface area contributed by atoms with E-state index in [2.05, 4.69) is 0 Å². The fraction of sp³-hybridized carbons (Fsp3) is 0.240. The van der Waals surface area contributed by atoms with E-state index in [1.807, 2.05) is 72.8 Å². The number of aromatic nitrogens is 1. The quantitative estimate of drug-likeness (QED) is 0.432. The molecule has 0 saturated carbocycles. The first kappa shape index (κ1) is 20.1. The van der Waals surface area contributed by atoms with Crippen molar-refractivity contribution < 1.29 is 9.38 Å². The molecule has 1 aliphatic rings. The molecule has 1 fully saturated rings. The van der Waals surface area contributed by atoms with Gasteiger partial charge in [0.15, 0.2) is 0 Å². The molecule has 5 nitrogen and oxygen atoms in total. The maximum Gasteiger partial charge on any atom is 0.255 e. The van der Waals surface area contributed by atoms with E-state index in [9.17, 15) is 10.0 Å². The third-order valence-electron chi connectivity index (χ3n) is 5.48. The molecule has 4 rings (SSSR count). The van der Waals surface area contributed by atoms with Gasteiger partial charge in [0.05, 0.1) is 13.1 Å². The number of quaternary nitrogens is 1. The first-order chi connectivity index (χ1) is 14.6. The number of nitrogens with zero attached hydrogens (tertiary/aromatic N) is 2. The minimum atomic E-state index is -0.140. The molecule has 0 aliphatic carbocycles. The number of pyridine rings is 1. The molecule has 30 heavy (non-hydrogen) atoms. The average molecular weight is 402 g/mol. The zero-order chi connectivity index (χ0) is 20.8. The van der Waals surface area contributed by atoms with Gasteiger partial charge in [-0.15, -0.1) is 0 Å². The largest absolute Gasteiger partial charge is 0.633 e. The van der Waals surface area contributed by atoms with E-state index in [-0.39, 0.29) is 10.2 Å². The molecule has 0 N–H and O–H groups in total. The normalized spacial score (nSPS) is 15.5. The van der Waals surface area contributed by atoms with Crippen LogP contribution in [-0.4, -0.2) is 35.5 Å². The van der Waals surface area contributed by atoms with Crippen LogP contribution in [0.5, 0.6) is 5.75 Å². The minimum Gasteiger partial charge on any atom is -0.633 e. The van der Waals surface area contributed by atoms with E-state index in [0.29, 0.717) is 32.0 Å². The Labute approximate surface area is 176 Å². The van der Waals surface area contributed by atoms with Crippen molar-refractivity contribution in [2.75, 3.05) is 26.2 Å². The summed E-state index contributed by atoms with van der Waals surface area (Å²) in [5.41, 5.74) is 2.63. The molecule has 0 radical (unpaired) electrons. The molecular formula is C25H26N2O3. The molecule has 1 saturated heterocycles. The molecule has 0 unspecified atom stereocenters. The van der Waals surface area contributed by atoms with Crippen LogP contribution < -0.4 is 10.3 Å². The molecule has 5 heteroatoms. The van der Waals surface area contributed by atoms with Gasteiger partial charge in [-0.2, -0.15) is 0 Å². The van der Waals surface area contributed by atoms with Crippen LogP contribution in [0.15, 0.2) is 77.7 Å². The van der Waals surface area contributed by atoms with Gasteiger partial charge in [0, 0.05) is 30.8 Å². The standard InChI is InChI=1S/C25H26N2O3/c28-25-20-22(9-8-21-6-2-1-3-7-21)14-15-26(25)23-10-12-24(13-11-23)30-19-18-27(29)16-4-5-17-27/h1-3,6-15,20H,4-5,16-19H2/b9-8+. The van der Waals surface area contributed by atoms with Crippen LogP contribution in [0.2, 0.25) is 0 Å². The van der Waals surface area contributed by atoms with Gasteiger partial charge < -0.3 is 14.6 Å². The van der Waals surface area contributed by atoms with Crippen LogP contribution >= 0.6 is 0 Å². The summed E-state index contributed by atoms with van der Waals surface area (Å²) in [6.07, 6.45) is 7.72. The Balaban J connectivity index is 1.39. The second-order valence-electron chi connectivity index (χ2n) is 7.69. The van der Waals surface area contributed by atoms with Gasteiger partial charge in [0.25, 0.3) is 5.56 Å². The molecule has 1 aliphatic heterocycles. The van der Waals surface area contributed by atoms with Crippen molar-refractivity contribution in [1.29, 1.82) is 0 Å². The van der Waals surface area contributed by atoms with Gasteiger partial charge in [0.1, 0.15) is 18.9 Å². The van der Waals surface area contributed by atoms with Crippen molar-refractivity contribution in [3.8, 4) is 11.4 Å². The molecule has 2 heterocycles.